The largest absolute Gasteiger partial charge is 0.361 e. The lowest BCUT2D eigenvalue weighted by Gasteiger charge is -2.10. The van der Waals surface area contributed by atoms with Gasteiger partial charge in [-0.1, -0.05) is 0 Å². The smallest absolute Gasteiger partial charge is 0.182 e. The molecule has 5 aromatic rings. The number of halogens is 1. The fourth-order valence-corrected chi connectivity index (χ4v) is 3.06. The second-order valence-electron chi connectivity index (χ2n) is 5.88. The van der Waals surface area contributed by atoms with Crippen LogP contribution in [0.15, 0.2) is 55.4 Å². The number of fused-ring (bicyclic) bond motifs is 2. The number of aromatic amines is 1. The van der Waals surface area contributed by atoms with Gasteiger partial charge in [0.25, 0.3) is 0 Å². The Labute approximate surface area is 152 Å². The van der Waals surface area contributed by atoms with Crippen molar-refractivity contribution in [2.24, 2.45) is 0 Å². The fourth-order valence-electron chi connectivity index (χ4n) is 3.06. The van der Waals surface area contributed by atoms with Gasteiger partial charge in [-0.25, -0.2) is 24.3 Å². The normalized spacial score (nSPS) is 11.3. The topological polar surface area (TPSA) is 97.2 Å². The van der Waals surface area contributed by atoms with Gasteiger partial charge < -0.3 is 10.3 Å². The summed E-state index contributed by atoms with van der Waals surface area (Å²) in [5.41, 5.74) is 3.54. The summed E-state index contributed by atoms with van der Waals surface area (Å²) in [7, 11) is 0. The summed E-state index contributed by atoms with van der Waals surface area (Å²) < 4.78 is 15.7. The molecule has 0 spiro atoms. The minimum absolute atomic E-state index is 0.313. The minimum Gasteiger partial charge on any atom is -0.361 e. The Bertz CT molecular complexity index is 1240. The molecule has 5 rings (SSSR count). The Balaban J connectivity index is 1.59. The number of H-pyrrole nitrogens is 1. The number of anilines is 1. The van der Waals surface area contributed by atoms with E-state index < -0.39 is 0 Å². The molecule has 4 heterocycles. The van der Waals surface area contributed by atoms with Gasteiger partial charge in [-0.05, 0) is 24.3 Å². The first-order valence-electron chi connectivity index (χ1n) is 8.25. The van der Waals surface area contributed by atoms with Gasteiger partial charge in [-0.3, -0.25) is 9.55 Å². The summed E-state index contributed by atoms with van der Waals surface area (Å²) in [6, 6.07) is 8.26. The van der Waals surface area contributed by atoms with E-state index in [2.05, 4.69) is 35.2 Å². The molecule has 1 aromatic carbocycles. The van der Waals surface area contributed by atoms with Crippen molar-refractivity contribution in [3.05, 3.63) is 67.0 Å². The molecule has 2 N–H and O–H groups in total. The molecular formula is C18H13FN8. The molecule has 9 heteroatoms. The van der Waals surface area contributed by atoms with E-state index in [1.807, 2.05) is 16.7 Å². The lowest BCUT2D eigenvalue weighted by atomic mass is 10.3. The van der Waals surface area contributed by atoms with Crippen molar-refractivity contribution in [3.8, 4) is 5.69 Å². The number of imidazole rings is 2. The zero-order chi connectivity index (χ0) is 18.2. The zero-order valence-electron chi connectivity index (χ0n) is 14.0. The van der Waals surface area contributed by atoms with Crippen molar-refractivity contribution in [2.45, 2.75) is 6.54 Å². The maximum atomic E-state index is 13.8. The van der Waals surface area contributed by atoms with Crippen molar-refractivity contribution < 1.29 is 4.39 Å². The molecule has 0 aliphatic heterocycles. The predicted octanol–water partition coefficient (Wildman–Crippen LogP) is 2.84. The summed E-state index contributed by atoms with van der Waals surface area (Å²) in [4.78, 5) is 24.2. The first-order chi connectivity index (χ1) is 13.3. The van der Waals surface area contributed by atoms with Gasteiger partial charge in [0.15, 0.2) is 11.5 Å². The predicted molar refractivity (Wildman–Crippen MR) is 97.8 cm³/mol. The second kappa shape index (κ2) is 6.13. The summed E-state index contributed by atoms with van der Waals surface area (Å²) in [6.07, 6.45) is 6.40. The number of nitrogens with zero attached hydrogens (tertiary/aromatic N) is 6. The maximum Gasteiger partial charge on any atom is 0.182 e. The number of benzene rings is 1. The van der Waals surface area contributed by atoms with Crippen LogP contribution in [-0.2, 0) is 6.54 Å². The van der Waals surface area contributed by atoms with E-state index in [-0.39, 0.29) is 5.82 Å². The van der Waals surface area contributed by atoms with Crippen molar-refractivity contribution in [2.75, 3.05) is 5.32 Å². The number of rotatable bonds is 4. The molecule has 0 aliphatic carbocycles. The maximum absolute atomic E-state index is 13.8. The van der Waals surface area contributed by atoms with Crippen molar-refractivity contribution >= 4 is 28.0 Å². The first-order valence-corrected chi connectivity index (χ1v) is 8.25. The third-order valence-corrected chi connectivity index (χ3v) is 4.24. The first kappa shape index (κ1) is 15.4. The average molecular weight is 360 g/mol. The van der Waals surface area contributed by atoms with E-state index in [9.17, 15) is 4.39 Å². The highest BCUT2D eigenvalue weighted by molar-refractivity contribution is 5.82. The number of hydrogen-bond acceptors (Lipinski definition) is 6. The van der Waals surface area contributed by atoms with Crippen LogP contribution in [0.2, 0.25) is 0 Å². The highest BCUT2D eigenvalue weighted by Gasteiger charge is 2.14. The minimum atomic E-state index is -0.313. The molecular weight excluding hydrogens is 347 g/mol. The van der Waals surface area contributed by atoms with Crippen LogP contribution >= 0.6 is 0 Å². The molecule has 0 saturated carbocycles. The molecule has 0 aliphatic rings. The van der Waals surface area contributed by atoms with Crippen LogP contribution in [0.5, 0.6) is 0 Å². The SMILES string of the molecule is Fc1ccc2nc(CNc3ncnc4nc[nH]c34)n(-c3ccncc3)c2c1. The highest BCUT2D eigenvalue weighted by Crippen LogP contribution is 2.23. The average Bonchev–Trinajstić information content (AvgIpc) is 3.31. The van der Waals surface area contributed by atoms with Gasteiger partial charge in [-0.2, -0.15) is 0 Å². The van der Waals surface area contributed by atoms with Crippen LogP contribution < -0.4 is 5.32 Å². The molecule has 0 atom stereocenters. The van der Waals surface area contributed by atoms with Gasteiger partial charge in [0.05, 0.1) is 29.6 Å². The van der Waals surface area contributed by atoms with Crippen molar-refractivity contribution in [3.63, 3.8) is 0 Å². The summed E-state index contributed by atoms with van der Waals surface area (Å²) >= 11 is 0. The molecule has 0 radical (unpaired) electrons. The molecule has 0 bridgehead atoms. The van der Waals surface area contributed by atoms with E-state index in [0.717, 1.165) is 11.2 Å². The standard InChI is InChI=1S/C18H13FN8/c19-11-1-2-13-14(7-11)27(12-3-5-20-6-4-12)15(26-13)8-21-17-16-18(23-9-22-16)25-10-24-17/h1-7,9-10H,8H2,(H2,21,22,23,24,25). The lowest BCUT2D eigenvalue weighted by molar-refractivity contribution is 0.629. The lowest BCUT2D eigenvalue weighted by Crippen LogP contribution is -2.09. The summed E-state index contributed by atoms with van der Waals surface area (Å²) in [5.74, 6) is 1.03. The number of pyridine rings is 1. The molecule has 0 amide bonds. The Morgan fingerprint density at radius 1 is 1.07 bits per heavy atom. The Morgan fingerprint density at radius 2 is 1.96 bits per heavy atom. The molecule has 0 unspecified atom stereocenters. The van der Waals surface area contributed by atoms with Crippen LogP contribution in [0.1, 0.15) is 5.82 Å². The van der Waals surface area contributed by atoms with Gasteiger partial charge in [-0.15, -0.1) is 0 Å². The van der Waals surface area contributed by atoms with Crippen LogP contribution in [0.25, 0.3) is 27.9 Å². The van der Waals surface area contributed by atoms with Gasteiger partial charge in [0, 0.05) is 18.5 Å². The zero-order valence-corrected chi connectivity index (χ0v) is 14.0. The number of nitrogens with one attached hydrogen (secondary N) is 2. The van der Waals surface area contributed by atoms with Crippen LogP contribution in [0.4, 0.5) is 10.2 Å². The molecule has 0 saturated heterocycles. The Hall–Kier alpha value is -3.88. The third-order valence-electron chi connectivity index (χ3n) is 4.24. The van der Waals surface area contributed by atoms with E-state index in [1.165, 1.54) is 18.5 Å². The summed E-state index contributed by atoms with van der Waals surface area (Å²) in [6.45, 7) is 0.379. The molecule has 27 heavy (non-hydrogen) atoms. The molecule has 132 valence electrons. The quantitative estimate of drug-likeness (QED) is 0.511. The van der Waals surface area contributed by atoms with Crippen LogP contribution in [0.3, 0.4) is 0 Å². The summed E-state index contributed by atoms with van der Waals surface area (Å²) in [5, 5.41) is 3.26. The van der Waals surface area contributed by atoms with Gasteiger partial charge >= 0.3 is 0 Å². The van der Waals surface area contributed by atoms with Gasteiger partial charge in [0.2, 0.25) is 0 Å². The van der Waals surface area contributed by atoms with E-state index in [1.54, 1.807) is 24.8 Å². The molecule has 8 nitrogen and oxygen atoms in total. The van der Waals surface area contributed by atoms with E-state index in [4.69, 9.17) is 0 Å². The Kier molecular flexibility index (Phi) is 3.49. The van der Waals surface area contributed by atoms with Crippen molar-refractivity contribution in [1.29, 1.82) is 0 Å². The van der Waals surface area contributed by atoms with Crippen LogP contribution in [0, 0.1) is 5.82 Å². The van der Waals surface area contributed by atoms with Crippen molar-refractivity contribution in [1.82, 2.24) is 34.5 Å². The fraction of sp³-hybridized carbons (Fsp3) is 0.0556. The third kappa shape index (κ3) is 2.65. The monoisotopic (exact) mass is 360 g/mol. The van der Waals surface area contributed by atoms with Crippen LogP contribution in [-0.4, -0.2) is 34.5 Å². The van der Waals surface area contributed by atoms with E-state index >= 15 is 0 Å². The van der Waals surface area contributed by atoms with E-state index in [0.29, 0.717) is 34.9 Å². The highest BCUT2D eigenvalue weighted by atomic mass is 19.1. The molecule has 0 fully saturated rings. The molecule has 4 aromatic heterocycles. The second-order valence-corrected chi connectivity index (χ2v) is 5.88. The Morgan fingerprint density at radius 3 is 2.85 bits per heavy atom. The number of aromatic nitrogens is 7. The van der Waals surface area contributed by atoms with Gasteiger partial charge in [0.1, 0.15) is 23.5 Å². The number of hydrogen-bond donors (Lipinski definition) is 2.